The lowest BCUT2D eigenvalue weighted by atomic mass is 10.2. The molecule has 0 saturated carbocycles. The molecule has 0 saturated heterocycles. The normalized spacial score (nSPS) is 15.5. The average Bonchev–Trinajstić information content (AvgIpc) is 2.43. The van der Waals surface area contributed by atoms with Gasteiger partial charge in [0.25, 0.3) is 0 Å². The van der Waals surface area contributed by atoms with Crippen molar-refractivity contribution in [3.8, 4) is 0 Å². The quantitative estimate of drug-likeness (QED) is 0.196. The smallest absolute Gasteiger partial charge is 0.453 e. The van der Waals surface area contributed by atoms with Gasteiger partial charge in [-0.05, 0) is 25.0 Å². The highest BCUT2D eigenvalue weighted by Crippen LogP contribution is 2.47. The summed E-state index contributed by atoms with van der Waals surface area (Å²) < 4.78 is 132. The summed E-state index contributed by atoms with van der Waals surface area (Å²) in [5.41, 5.74) is 0. The van der Waals surface area contributed by atoms with E-state index in [1.807, 2.05) is 0 Å². The maximum absolute atomic E-state index is 13.4. The lowest BCUT2D eigenvalue weighted by Crippen LogP contribution is -2.43. The molecular formula is C12H10Br2F10O. The molecule has 148 valence electrons. The van der Waals surface area contributed by atoms with Crippen molar-refractivity contribution < 1.29 is 48.6 Å². The first-order valence-electron chi connectivity index (χ1n) is 6.23. The van der Waals surface area contributed by atoms with Gasteiger partial charge in [0, 0.05) is 10.7 Å². The van der Waals surface area contributed by atoms with Gasteiger partial charge in [-0.3, -0.25) is 0 Å². The summed E-state index contributed by atoms with van der Waals surface area (Å²) in [5.74, 6) is -16.2. The Bertz CT molecular complexity index is 449. The van der Waals surface area contributed by atoms with Gasteiger partial charge in [-0.25, -0.2) is 0 Å². The molecule has 0 radical (unpaired) electrons. The second-order valence-corrected chi connectivity index (χ2v) is 5.92. The van der Waals surface area contributed by atoms with Crippen LogP contribution in [-0.2, 0) is 4.74 Å². The van der Waals surface area contributed by atoms with E-state index in [1.165, 1.54) is 0 Å². The highest BCUT2D eigenvalue weighted by Gasteiger charge is 2.65. The van der Waals surface area contributed by atoms with Gasteiger partial charge in [-0.1, -0.05) is 31.9 Å². The van der Waals surface area contributed by atoms with E-state index in [-0.39, 0.29) is 22.8 Å². The Morgan fingerprint density at radius 2 is 0.920 bits per heavy atom. The summed E-state index contributed by atoms with van der Waals surface area (Å²) in [6, 6.07) is 0. The summed E-state index contributed by atoms with van der Waals surface area (Å²) in [6.07, 6.45) is -13.4. The fourth-order valence-electron chi connectivity index (χ4n) is 1.24. The van der Waals surface area contributed by atoms with Gasteiger partial charge in [0.05, 0.1) is 0 Å². The van der Waals surface area contributed by atoms with Gasteiger partial charge in [-0.15, -0.1) is 0 Å². The third-order valence-corrected chi connectivity index (χ3v) is 3.34. The molecule has 25 heavy (non-hydrogen) atoms. The standard InChI is InChI=1S/C12H10Br2F10O/c13-5-1-3-7(9(15,16)11(19,20)21)25-8(4-2-6-14)10(17,18)12(22,23)24/h3-4H,1-2,5-6H2. The zero-order valence-corrected chi connectivity index (χ0v) is 15.1. The van der Waals surface area contributed by atoms with Gasteiger partial charge in [0.15, 0.2) is 11.5 Å². The maximum atomic E-state index is 13.4. The molecule has 0 heterocycles. The second-order valence-electron chi connectivity index (χ2n) is 4.34. The molecule has 0 aliphatic carbocycles. The molecule has 0 aromatic rings. The SMILES string of the molecule is FC(F)(F)C(F)(F)C(=CCCBr)OC(=CCCBr)C(F)(F)C(F)(F)F. The van der Waals surface area contributed by atoms with E-state index in [9.17, 15) is 43.9 Å². The van der Waals surface area contributed by atoms with Crippen molar-refractivity contribution in [3.05, 3.63) is 23.7 Å². The molecular weight excluding hydrogens is 510 g/mol. The fraction of sp³-hybridized carbons (Fsp3) is 0.667. The van der Waals surface area contributed by atoms with E-state index < -0.39 is 48.6 Å². The maximum Gasteiger partial charge on any atom is 0.461 e. The van der Waals surface area contributed by atoms with Crippen LogP contribution in [-0.4, -0.2) is 34.9 Å². The zero-order chi connectivity index (χ0) is 20.1. The minimum atomic E-state index is -6.25. The number of rotatable bonds is 8. The number of allylic oxidation sites excluding steroid dienone is 4. The summed E-state index contributed by atoms with van der Waals surface area (Å²) >= 11 is 5.40. The predicted octanol–water partition coefficient (Wildman–Crippen LogP) is 6.74. The van der Waals surface area contributed by atoms with Crippen LogP contribution in [0, 0.1) is 0 Å². The van der Waals surface area contributed by atoms with E-state index in [4.69, 9.17) is 0 Å². The van der Waals surface area contributed by atoms with Crippen LogP contribution >= 0.6 is 31.9 Å². The first kappa shape index (κ1) is 24.5. The molecule has 0 aromatic heterocycles. The first-order valence-corrected chi connectivity index (χ1v) is 8.47. The molecule has 0 aliphatic heterocycles. The summed E-state index contributed by atoms with van der Waals surface area (Å²) in [7, 11) is 0. The van der Waals surface area contributed by atoms with Crippen molar-refractivity contribution in [2.75, 3.05) is 10.7 Å². The molecule has 1 nitrogen and oxygen atoms in total. The van der Waals surface area contributed by atoms with Crippen LogP contribution in [0.1, 0.15) is 12.8 Å². The first-order chi connectivity index (χ1) is 11.1. The lowest BCUT2D eigenvalue weighted by molar-refractivity contribution is -0.290. The van der Waals surface area contributed by atoms with Crippen LogP contribution in [0.2, 0.25) is 0 Å². The predicted molar refractivity (Wildman–Crippen MR) is 76.1 cm³/mol. The Labute approximate surface area is 152 Å². The molecule has 13 heteroatoms. The van der Waals surface area contributed by atoms with Gasteiger partial charge in [0.2, 0.25) is 0 Å². The minimum absolute atomic E-state index is 0.0939. The van der Waals surface area contributed by atoms with Crippen LogP contribution in [0.5, 0.6) is 0 Å². The summed E-state index contributed by atoms with van der Waals surface area (Å²) in [5, 5.41) is -0.326. The Morgan fingerprint density at radius 1 is 0.640 bits per heavy atom. The van der Waals surface area contributed by atoms with Crippen LogP contribution in [0.3, 0.4) is 0 Å². The van der Waals surface area contributed by atoms with Crippen molar-refractivity contribution in [3.63, 3.8) is 0 Å². The Hall–Kier alpha value is -0.460. The molecule has 0 unspecified atom stereocenters. The summed E-state index contributed by atoms with van der Waals surface area (Å²) in [6.45, 7) is 0. The summed E-state index contributed by atoms with van der Waals surface area (Å²) in [4.78, 5) is 0. The Kier molecular flexibility index (Phi) is 8.79. The van der Waals surface area contributed by atoms with E-state index in [1.54, 1.807) is 0 Å². The zero-order valence-electron chi connectivity index (χ0n) is 11.9. The van der Waals surface area contributed by atoms with Crippen LogP contribution in [0.4, 0.5) is 43.9 Å². The molecule has 0 rings (SSSR count). The number of hydrogen-bond acceptors (Lipinski definition) is 1. The van der Waals surface area contributed by atoms with Gasteiger partial charge in [0.1, 0.15) is 0 Å². The van der Waals surface area contributed by atoms with Crippen molar-refractivity contribution in [2.24, 2.45) is 0 Å². The molecule has 0 atom stereocenters. The van der Waals surface area contributed by atoms with Crippen molar-refractivity contribution >= 4 is 31.9 Å². The van der Waals surface area contributed by atoms with Crippen molar-refractivity contribution in [1.82, 2.24) is 0 Å². The van der Waals surface area contributed by atoms with Gasteiger partial charge >= 0.3 is 24.2 Å². The van der Waals surface area contributed by atoms with E-state index in [2.05, 4.69) is 36.6 Å². The number of halogens is 12. The van der Waals surface area contributed by atoms with Crippen molar-refractivity contribution in [1.29, 1.82) is 0 Å². The number of hydrogen-bond donors (Lipinski definition) is 0. The third-order valence-electron chi connectivity index (χ3n) is 2.43. The van der Waals surface area contributed by atoms with E-state index in [0.717, 1.165) is 0 Å². The lowest BCUT2D eigenvalue weighted by Gasteiger charge is -2.27. The highest BCUT2D eigenvalue weighted by atomic mass is 79.9. The minimum Gasteiger partial charge on any atom is -0.453 e. The largest absolute Gasteiger partial charge is 0.461 e. The molecule has 0 N–H and O–H groups in total. The van der Waals surface area contributed by atoms with Gasteiger partial charge < -0.3 is 4.74 Å². The molecule has 0 fully saturated rings. The van der Waals surface area contributed by atoms with Crippen LogP contribution in [0.25, 0.3) is 0 Å². The van der Waals surface area contributed by atoms with Crippen molar-refractivity contribution in [2.45, 2.75) is 37.0 Å². The monoisotopic (exact) mass is 518 g/mol. The Morgan fingerprint density at radius 3 is 1.12 bits per heavy atom. The molecule has 0 aromatic carbocycles. The number of alkyl halides is 12. The molecule has 0 aliphatic rings. The highest BCUT2D eigenvalue weighted by molar-refractivity contribution is 9.09. The molecule has 0 amide bonds. The fourth-order valence-corrected chi connectivity index (χ4v) is 1.69. The Balaban J connectivity index is 6.04. The molecule has 0 bridgehead atoms. The molecule has 0 spiro atoms. The van der Waals surface area contributed by atoms with Crippen LogP contribution < -0.4 is 0 Å². The van der Waals surface area contributed by atoms with Crippen LogP contribution in [0.15, 0.2) is 23.7 Å². The third kappa shape index (κ3) is 6.33. The van der Waals surface area contributed by atoms with Gasteiger partial charge in [-0.2, -0.15) is 43.9 Å². The topological polar surface area (TPSA) is 9.23 Å². The average molecular weight is 520 g/mol. The number of ether oxygens (including phenoxy) is 1. The second kappa shape index (κ2) is 8.96. The van der Waals surface area contributed by atoms with E-state index >= 15 is 0 Å². The van der Waals surface area contributed by atoms with E-state index in [0.29, 0.717) is 0 Å².